The fraction of sp³-hybridized carbons (Fsp3) is 0.182. The van der Waals surface area contributed by atoms with Crippen LogP contribution >= 0.6 is 11.8 Å². The lowest BCUT2D eigenvalue weighted by Gasteiger charge is -2.32. The number of carbonyl (C=O) groups excluding carboxylic acids is 2. The van der Waals surface area contributed by atoms with E-state index in [9.17, 15) is 46.1 Å². The van der Waals surface area contributed by atoms with Crippen molar-refractivity contribution in [2.75, 3.05) is 11.4 Å². The molecule has 0 spiro atoms. The van der Waals surface area contributed by atoms with Crippen molar-refractivity contribution in [1.29, 1.82) is 0 Å². The van der Waals surface area contributed by atoms with Crippen LogP contribution in [0.5, 0.6) is 0 Å². The molecule has 0 unspecified atom stereocenters. The summed E-state index contributed by atoms with van der Waals surface area (Å²) >= 11 is 1.08. The van der Waals surface area contributed by atoms with E-state index in [4.69, 9.17) is 0 Å². The molecule has 0 aliphatic carbocycles. The Kier molecular flexibility index (Phi) is 6.74. The quantitative estimate of drug-likeness (QED) is 0.281. The lowest BCUT2D eigenvalue weighted by molar-refractivity contribution is -0.165. The number of rotatable bonds is 5. The highest BCUT2D eigenvalue weighted by atomic mass is 32.2. The normalized spacial score (nSPS) is 14.5. The number of hydrogen-bond acceptors (Lipinski definition) is 6. The summed E-state index contributed by atoms with van der Waals surface area (Å²) in [5.74, 6) is -6.23. The van der Waals surface area contributed by atoms with Crippen molar-refractivity contribution in [1.82, 2.24) is 0 Å². The molecule has 0 bridgehead atoms. The molecule has 0 atom stereocenters. The summed E-state index contributed by atoms with van der Waals surface area (Å²) in [5.41, 5.74) is 1.16. The van der Waals surface area contributed by atoms with E-state index in [2.05, 4.69) is 0 Å². The van der Waals surface area contributed by atoms with Crippen LogP contribution in [0.2, 0.25) is 0 Å². The van der Waals surface area contributed by atoms with E-state index in [0.717, 1.165) is 11.8 Å². The first-order valence-corrected chi connectivity index (χ1v) is 10.3. The molecule has 0 fully saturated rings. The van der Waals surface area contributed by atoms with Crippen LogP contribution in [-0.2, 0) is 9.59 Å². The Bertz CT molecular complexity index is 1130. The first-order valence-electron chi connectivity index (χ1n) is 9.50. The number of aliphatic hydroxyl groups is 2. The number of alkyl halides is 6. The molecule has 3 rings (SSSR count). The van der Waals surface area contributed by atoms with E-state index in [1.807, 2.05) is 6.92 Å². The van der Waals surface area contributed by atoms with Crippen molar-refractivity contribution in [2.45, 2.75) is 29.1 Å². The maximum Gasteiger partial charge on any atom is 0.454 e. The van der Waals surface area contributed by atoms with Crippen LogP contribution in [0.4, 0.5) is 37.7 Å². The highest BCUT2D eigenvalue weighted by Gasteiger charge is 2.38. The number of carbonyl (C=O) groups is 2. The third-order valence-electron chi connectivity index (χ3n) is 4.72. The monoisotopic (exact) mass is 503 g/mol. The van der Waals surface area contributed by atoms with E-state index in [1.54, 1.807) is 17.0 Å². The minimum Gasteiger partial charge on any atom is -0.507 e. The zero-order valence-corrected chi connectivity index (χ0v) is 18.0. The zero-order valence-electron chi connectivity index (χ0n) is 17.2. The van der Waals surface area contributed by atoms with Gasteiger partial charge in [-0.1, -0.05) is 11.8 Å². The molecule has 1 aliphatic rings. The van der Waals surface area contributed by atoms with Gasteiger partial charge >= 0.3 is 12.4 Å². The van der Waals surface area contributed by atoms with Gasteiger partial charge in [-0.25, -0.2) is 0 Å². The Balaban J connectivity index is 1.99. The van der Waals surface area contributed by atoms with Crippen LogP contribution in [0.15, 0.2) is 58.3 Å². The third kappa shape index (κ3) is 5.22. The van der Waals surface area contributed by atoms with Gasteiger partial charge in [0.15, 0.2) is 0 Å². The number of fused-ring (bicyclic) bond motifs is 2. The van der Waals surface area contributed by atoms with Gasteiger partial charge in [-0.2, -0.15) is 26.3 Å². The number of benzene rings is 2. The predicted octanol–water partition coefficient (Wildman–Crippen LogP) is 6.37. The number of halogens is 6. The molecule has 1 aliphatic heterocycles. The molecular weight excluding hydrogens is 488 g/mol. The smallest absolute Gasteiger partial charge is 0.454 e. The van der Waals surface area contributed by atoms with Crippen molar-refractivity contribution < 1.29 is 46.1 Å². The molecular formula is C22H15F6NO4S. The van der Waals surface area contributed by atoms with Crippen LogP contribution in [0.3, 0.4) is 0 Å². The van der Waals surface area contributed by atoms with E-state index in [-0.39, 0.29) is 23.3 Å². The lowest BCUT2D eigenvalue weighted by atomic mass is 10.1. The minimum atomic E-state index is -5.14. The summed E-state index contributed by atoms with van der Waals surface area (Å²) in [4.78, 5) is 25.0. The molecule has 0 aromatic heterocycles. The Morgan fingerprint density at radius 2 is 1.21 bits per heavy atom. The van der Waals surface area contributed by atoms with Crippen molar-refractivity contribution in [3.8, 4) is 0 Å². The standard InChI is InChI=1S/C22H15F6NO4S/c1-2-29-13-5-3-11(15(30)9-19(32)21(23,24)25)7-17(13)34-18-8-12(4-6-14(18)29)16(31)10-20(33)22(26,27)28/h3-10,30-31H,2H2,1H3/b15-9+,16-10?. The summed E-state index contributed by atoms with van der Waals surface area (Å²) in [7, 11) is 0. The molecule has 34 heavy (non-hydrogen) atoms. The van der Waals surface area contributed by atoms with Gasteiger partial charge in [0, 0.05) is 39.6 Å². The van der Waals surface area contributed by atoms with E-state index >= 15 is 0 Å². The van der Waals surface area contributed by atoms with Gasteiger partial charge in [-0.15, -0.1) is 0 Å². The molecule has 5 nitrogen and oxygen atoms in total. The SMILES string of the molecule is CCN1c2ccc(C(O)=CC(=O)C(F)(F)F)cc2Sc2cc(/C(O)=C\C(=O)C(F)(F)F)ccc21. The lowest BCUT2D eigenvalue weighted by Crippen LogP contribution is -2.21. The number of nitrogens with zero attached hydrogens (tertiary/aromatic N) is 1. The zero-order chi connectivity index (χ0) is 25.4. The Labute approximate surface area is 193 Å². The molecule has 0 radical (unpaired) electrons. The van der Waals surface area contributed by atoms with Crippen LogP contribution in [0, 0.1) is 0 Å². The number of ketones is 2. The molecule has 2 N–H and O–H groups in total. The predicted molar refractivity (Wildman–Crippen MR) is 113 cm³/mol. The van der Waals surface area contributed by atoms with Crippen LogP contribution < -0.4 is 4.90 Å². The van der Waals surface area contributed by atoms with Crippen molar-refractivity contribution in [2.24, 2.45) is 0 Å². The van der Waals surface area contributed by atoms with Gasteiger partial charge in [0.2, 0.25) is 0 Å². The molecule has 12 heteroatoms. The number of hydrogen-bond donors (Lipinski definition) is 2. The number of aliphatic hydroxyl groups excluding tert-OH is 2. The van der Waals surface area contributed by atoms with E-state index in [1.165, 1.54) is 24.3 Å². The largest absolute Gasteiger partial charge is 0.507 e. The van der Waals surface area contributed by atoms with Gasteiger partial charge in [0.1, 0.15) is 11.5 Å². The minimum absolute atomic E-state index is 0.0574. The first kappa shape index (κ1) is 25.2. The first-order chi connectivity index (χ1) is 15.7. The Morgan fingerprint density at radius 1 is 0.824 bits per heavy atom. The Hall–Kier alpha value is -3.41. The molecule has 0 saturated heterocycles. The van der Waals surface area contributed by atoms with Crippen molar-refractivity contribution in [3.05, 3.63) is 59.7 Å². The van der Waals surface area contributed by atoms with Gasteiger partial charge < -0.3 is 15.1 Å². The molecule has 2 aromatic rings. The summed E-state index contributed by atoms with van der Waals surface area (Å²) in [6.07, 6.45) is -10.2. The van der Waals surface area contributed by atoms with Crippen molar-refractivity contribution >= 4 is 46.2 Å². The van der Waals surface area contributed by atoms with Gasteiger partial charge in [0.25, 0.3) is 11.6 Å². The van der Waals surface area contributed by atoms with Gasteiger partial charge in [-0.3, -0.25) is 9.59 Å². The summed E-state index contributed by atoms with van der Waals surface area (Å²) in [5, 5.41) is 20.0. The average Bonchev–Trinajstić information content (AvgIpc) is 2.75. The molecule has 0 amide bonds. The Morgan fingerprint density at radius 3 is 1.53 bits per heavy atom. The maximum atomic E-state index is 12.5. The van der Waals surface area contributed by atoms with E-state index in [0.29, 0.717) is 27.7 Å². The highest BCUT2D eigenvalue weighted by Crippen LogP contribution is 2.49. The molecule has 0 saturated carbocycles. The van der Waals surface area contributed by atoms with E-state index < -0.39 is 35.4 Å². The summed E-state index contributed by atoms with van der Waals surface area (Å²) in [6, 6.07) is 8.48. The second-order valence-corrected chi connectivity index (χ2v) is 8.08. The van der Waals surface area contributed by atoms with Crippen LogP contribution in [-0.4, -0.2) is 40.7 Å². The summed E-state index contributed by atoms with van der Waals surface area (Å²) < 4.78 is 74.9. The second-order valence-electron chi connectivity index (χ2n) is 6.99. The fourth-order valence-electron chi connectivity index (χ4n) is 3.12. The van der Waals surface area contributed by atoms with Gasteiger partial charge in [-0.05, 0) is 43.3 Å². The third-order valence-corrected chi connectivity index (χ3v) is 5.82. The van der Waals surface area contributed by atoms with Gasteiger partial charge in [0.05, 0.1) is 11.4 Å². The summed E-state index contributed by atoms with van der Waals surface area (Å²) in [6.45, 7) is 2.24. The van der Waals surface area contributed by atoms with Crippen LogP contribution in [0.25, 0.3) is 11.5 Å². The molecule has 1 heterocycles. The highest BCUT2D eigenvalue weighted by molar-refractivity contribution is 7.99. The fourth-order valence-corrected chi connectivity index (χ4v) is 4.30. The number of anilines is 2. The second kappa shape index (κ2) is 9.09. The molecule has 180 valence electrons. The topological polar surface area (TPSA) is 77.8 Å². The molecule has 2 aromatic carbocycles. The number of allylic oxidation sites excluding steroid dienone is 2. The van der Waals surface area contributed by atoms with Crippen LogP contribution in [0.1, 0.15) is 18.1 Å². The van der Waals surface area contributed by atoms with Crippen molar-refractivity contribution in [3.63, 3.8) is 0 Å². The maximum absolute atomic E-state index is 12.5. The average molecular weight is 503 g/mol.